The second-order valence-electron chi connectivity index (χ2n) is 5.49. The zero-order chi connectivity index (χ0) is 17.2. The molecule has 0 bridgehead atoms. The number of rotatable bonds is 2. The van der Waals surface area contributed by atoms with Gasteiger partial charge in [0.05, 0.1) is 5.69 Å². The van der Waals surface area contributed by atoms with Crippen LogP contribution in [0.1, 0.15) is 41.4 Å². The van der Waals surface area contributed by atoms with Crippen molar-refractivity contribution >= 4 is 22.9 Å². The molecule has 2 aromatic rings. The van der Waals surface area contributed by atoms with Gasteiger partial charge in [-0.05, 0) is 37.0 Å². The third kappa shape index (κ3) is 3.95. The van der Waals surface area contributed by atoms with Gasteiger partial charge in [0, 0.05) is 22.5 Å². The van der Waals surface area contributed by atoms with Crippen molar-refractivity contribution in [3.05, 3.63) is 45.9 Å². The second kappa shape index (κ2) is 6.65. The molecule has 1 aliphatic carbocycles. The van der Waals surface area contributed by atoms with E-state index in [1.165, 1.54) is 36.0 Å². The van der Waals surface area contributed by atoms with E-state index in [4.69, 9.17) is 0 Å². The van der Waals surface area contributed by atoms with Crippen molar-refractivity contribution in [3.63, 3.8) is 0 Å². The van der Waals surface area contributed by atoms with E-state index in [0.29, 0.717) is 16.5 Å². The number of hydrogen-bond acceptors (Lipinski definition) is 3. The summed E-state index contributed by atoms with van der Waals surface area (Å²) in [7, 11) is 0. The van der Waals surface area contributed by atoms with E-state index in [1.807, 2.05) is 10.7 Å². The van der Waals surface area contributed by atoms with Crippen LogP contribution in [-0.2, 0) is 4.79 Å². The van der Waals surface area contributed by atoms with E-state index in [-0.39, 0.29) is 5.69 Å². The third-order valence-electron chi connectivity index (χ3n) is 3.74. The van der Waals surface area contributed by atoms with Crippen molar-refractivity contribution < 1.29 is 18.0 Å². The van der Waals surface area contributed by atoms with Crippen LogP contribution in [0.15, 0.2) is 29.6 Å². The van der Waals surface area contributed by atoms with Gasteiger partial charge in [-0.25, -0.2) is 4.98 Å². The maximum Gasteiger partial charge on any atom is 0.471 e. The summed E-state index contributed by atoms with van der Waals surface area (Å²) in [5.41, 5.74) is 1.63. The fraction of sp³-hybridized carbons (Fsp3) is 0.294. The number of carbonyl (C=O) groups excluding carboxylic acids is 1. The zero-order valence-corrected chi connectivity index (χ0v) is 13.3. The fourth-order valence-corrected chi connectivity index (χ4v) is 2.98. The minimum absolute atomic E-state index is 0.0541. The number of aromatic nitrogens is 1. The topological polar surface area (TPSA) is 42.0 Å². The Hall–Kier alpha value is -2.33. The molecule has 0 saturated heterocycles. The summed E-state index contributed by atoms with van der Waals surface area (Å²) >= 11 is 1.46. The Morgan fingerprint density at radius 1 is 1.29 bits per heavy atom. The van der Waals surface area contributed by atoms with Gasteiger partial charge < -0.3 is 5.32 Å². The van der Waals surface area contributed by atoms with Crippen LogP contribution in [0.3, 0.4) is 0 Å². The number of thiazole rings is 1. The quantitative estimate of drug-likeness (QED) is 0.820. The van der Waals surface area contributed by atoms with Crippen molar-refractivity contribution in [2.45, 2.75) is 31.4 Å². The molecule has 0 spiro atoms. The molecule has 1 heterocycles. The lowest BCUT2D eigenvalue weighted by Gasteiger charge is -2.22. The van der Waals surface area contributed by atoms with Crippen molar-refractivity contribution in [1.29, 1.82) is 0 Å². The predicted octanol–water partition coefficient (Wildman–Crippen LogP) is 4.31. The lowest BCUT2D eigenvalue weighted by Crippen LogP contribution is -2.29. The summed E-state index contributed by atoms with van der Waals surface area (Å²) < 4.78 is 36.8. The third-order valence-corrected chi connectivity index (χ3v) is 4.51. The van der Waals surface area contributed by atoms with Gasteiger partial charge in [-0.1, -0.05) is 18.4 Å². The number of nitrogens with zero attached hydrogens (tertiary/aromatic N) is 1. The Morgan fingerprint density at radius 3 is 2.75 bits per heavy atom. The van der Waals surface area contributed by atoms with Crippen LogP contribution in [0.5, 0.6) is 0 Å². The number of anilines is 1. The monoisotopic (exact) mass is 350 g/mol. The van der Waals surface area contributed by atoms with Crippen molar-refractivity contribution in [2.24, 2.45) is 0 Å². The van der Waals surface area contributed by atoms with Crippen LogP contribution in [0, 0.1) is 11.8 Å². The lowest BCUT2D eigenvalue weighted by molar-refractivity contribution is -0.167. The molecule has 0 atom stereocenters. The molecule has 1 fully saturated rings. The summed E-state index contributed by atoms with van der Waals surface area (Å²) in [4.78, 5) is 15.4. The Labute approximate surface area is 140 Å². The molecule has 1 N–H and O–H groups in total. The number of halogens is 3. The molecule has 1 saturated carbocycles. The smallest absolute Gasteiger partial charge is 0.318 e. The SMILES string of the molecule is O=C(Nc1cccc(C#Cc2nc(C3CCC3)cs2)c1)C(F)(F)F. The summed E-state index contributed by atoms with van der Waals surface area (Å²) in [5.74, 6) is 4.32. The number of hydrogen-bond donors (Lipinski definition) is 1. The predicted molar refractivity (Wildman–Crippen MR) is 85.8 cm³/mol. The highest BCUT2D eigenvalue weighted by Crippen LogP contribution is 2.36. The molecular weight excluding hydrogens is 337 g/mol. The highest BCUT2D eigenvalue weighted by molar-refractivity contribution is 7.10. The molecule has 3 rings (SSSR count). The van der Waals surface area contributed by atoms with Crippen LogP contribution in [0.4, 0.5) is 18.9 Å². The van der Waals surface area contributed by atoms with E-state index in [1.54, 1.807) is 6.07 Å². The molecular formula is C17H13F3N2OS. The molecule has 1 aromatic heterocycles. The van der Waals surface area contributed by atoms with E-state index in [0.717, 1.165) is 18.5 Å². The summed E-state index contributed by atoms with van der Waals surface area (Å²) in [5, 5.41) is 4.50. The molecule has 0 radical (unpaired) electrons. The van der Waals surface area contributed by atoms with Gasteiger partial charge in [-0.3, -0.25) is 4.79 Å². The fourth-order valence-electron chi connectivity index (χ4n) is 2.24. The number of amides is 1. The van der Waals surface area contributed by atoms with Crippen LogP contribution in [0.25, 0.3) is 0 Å². The van der Waals surface area contributed by atoms with Gasteiger partial charge in [0.15, 0.2) is 5.01 Å². The van der Waals surface area contributed by atoms with Crippen molar-refractivity contribution in [2.75, 3.05) is 5.32 Å². The van der Waals surface area contributed by atoms with E-state index in [9.17, 15) is 18.0 Å². The van der Waals surface area contributed by atoms with E-state index < -0.39 is 12.1 Å². The Balaban J connectivity index is 1.71. The Bertz CT molecular complexity index is 813. The summed E-state index contributed by atoms with van der Waals surface area (Å²) in [6, 6.07) is 5.98. The van der Waals surface area contributed by atoms with Gasteiger partial charge in [0.2, 0.25) is 0 Å². The molecule has 0 unspecified atom stereocenters. The maximum atomic E-state index is 12.3. The standard InChI is InChI=1S/C17H13F3N2OS/c18-17(19,20)16(23)21-13-6-1-3-11(9-13)7-8-15-22-14(10-24-15)12-4-2-5-12/h1,3,6,9-10,12H,2,4-5H2,(H,21,23). The molecule has 1 aromatic carbocycles. The summed E-state index contributed by atoms with van der Waals surface area (Å²) in [6.45, 7) is 0. The number of nitrogens with one attached hydrogen (secondary N) is 1. The van der Waals surface area contributed by atoms with Crippen molar-refractivity contribution in [3.8, 4) is 11.8 Å². The highest BCUT2D eigenvalue weighted by Gasteiger charge is 2.38. The molecule has 124 valence electrons. The summed E-state index contributed by atoms with van der Waals surface area (Å²) in [6.07, 6.45) is -1.35. The average Bonchev–Trinajstić information content (AvgIpc) is 2.91. The minimum Gasteiger partial charge on any atom is -0.318 e. The zero-order valence-electron chi connectivity index (χ0n) is 12.5. The van der Waals surface area contributed by atoms with Gasteiger partial charge in [-0.15, -0.1) is 11.3 Å². The number of alkyl halides is 3. The molecule has 7 heteroatoms. The Kier molecular flexibility index (Phi) is 4.58. The van der Waals surface area contributed by atoms with Gasteiger partial charge in [0.1, 0.15) is 0 Å². The van der Waals surface area contributed by atoms with E-state index in [2.05, 4.69) is 16.8 Å². The minimum atomic E-state index is -4.92. The first kappa shape index (κ1) is 16.5. The maximum absolute atomic E-state index is 12.3. The Morgan fingerprint density at radius 2 is 2.08 bits per heavy atom. The molecule has 24 heavy (non-hydrogen) atoms. The first-order valence-corrected chi connectivity index (χ1v) is 8.25. The first-order chi connectivity index (χ1) is 11.4. The number of carbonyl (C=O) groups is 1. The van der Waals surface area contributed by atoms with E-state index >= 15 is 0 Å². The van der Waals surface area contributed by atoms with Crippen LogP contribution >= 0.6 is 11.3 Å². The van der Waals surface area contributed by atoms with Crippen LogP contribution in [-0.4, -0.2) is 17.1 Å². The van der Waals surface area contributed by atoms with Crippen molar-refractivity contribution in [1.82, 2.24) is 4.98 Å². The van der Waals surface area contributed by atoms with Gasteiger partial charge in [-0.2, -0.15) is 13.2 Å². The molecule has 3 nitrogen and oxygen atoms in total. The average molecular weight is 350 g/mol. The first-order valence-electron chi connectivity index (χ1n) is 7.37. The highest BCUT2D eigenvalue weighted by atomic mass is 32.1. The second-order valence-corrected chi connectivity index (χ2v) is 6.35. The molecule has 1 amide bonds. The molecule has 0 aliphatic heterocycles. The molecule has 1 aliphatic rings. The van der Waals surface area contributed by atoms with Gasteiger partial charge >= 0.3 is 12.1 Å². The largest absolute Gasteiger partial charge is 0.471 e. The van der Waals surface area contributed by atoms with Crippen LogP contribution in [0.2, 0.25) is 0 Å². The normalized spacial score (nSPS) is 14.5. The van der Waals surface area contributed by atoms with Crippen LogP contribution < -0.4 is 5.32 Å². The lowest BCUT2D eigenvalue weighted by atomic mass is 9.83. The van der Waals surface area contributed by atoms with Gasteiger partial charge in [0.25, 0.3) is 0 Å². The number of benzene rings is 1.